The highest BCUT2D eigenvalue weighted by atomic mass is 16.1. The zero-order valence-corrected chi connectivity index (χ0v) is 11.8. The quantitative estimate of drug-likeness (QED) is 0.717. The van der Waals surface area contributed by atoms with Crippen LogP contribution in [0.4, 0.5) is 0 Å². The highest BCUT2D eigenvalue weighted by molar-refractivity contribution is 5.95. The first-order valence-electron chi connectivity index (χ1n) is 6.42. The molecule has 1 rings (SSSR count). The molecular weight excluding hydrogens is 222 g/mol. The van der Waals surface area contributed by atoms with Crippen LogP contribution in [-0.4, -0.2) is 31.3 Å². The molecule has 0 N–H and O–H groups in total. The molecule has 0 heterocycles. The summed E-state index contributed by atoms with van der Waals surface area (Å²) in [6, 6.07) is 8.27. The van der Waals surface area contributed by atoms with Gasteiger partial charge in [-0.15, -0.1) is 0 Å². The van der Waals surface area contributed by atoms with Gasteiger partial charge in [0, 0.05) is 5.92 Å². The molecule has 0 radical (unpaired) electrons. The largest absolute Gasteiger partial charge is 0.309 e. The summed E-state index contributed by atoms with van der Waals surface area (Å²) in [7, 11) is 4.07. The van der Waals surface area contributed by atoms with Crippen molar-refractivity contribution in [3.8, 4) is 0 Å². The molecule has 0 amide bonds. The number of aryl methyl sites for hydroxylation is 1. The van der Waals surface area contributed by atoms with Gasteiger partial charge in [-0.1, -0.05) is 35.9 Å². The number of hydrogen-bond donors (Lipinski definition) is 0. The van der Waals surface area contributed by atoms with Gasteiger partial charge in [-0.05, 0) is 52.5 Å². The van der Waals surface area contributed by atoms with Gasteiger partial charge in [0.1, 0.15) is 0 Å². The van der Waals surface area contributed by atoms with Crippen LogP contribution < -0.4 is 0 Å². The molecular formula is C16H23NO. The normalized spacial score (nSPS) is 13.2. The van der Waals surface area contributed by atoms with Crippen LogP contribution in [0.2, 0.25) is 0 Å². The van der Waals surface area contributed by atoms with E-state index in [4.69, 9.17) is 0 Å². The third-order valence-electron chi connectivity index (χ3n) is 3.02. The molecule has 1 atom stereocenters. The molecule has 0 aliphatic heterocycles. The minimum absolute atomic E-state index is 0.0239. The summed E-state index contributed by atoms with van der Waals surface area (Å²) in [4.78, 5) is 14.3. The van der Waals surface area contributed by atoms with E-state index >= 15 is 0 Å². The summed E-state index contributed by atoms with van der Waals surface area (Å²) >= 11 is 0. The number of nitrogens with zero attached hydrogens (tertiary/aromatic N) is 1. The first-order chi connectivity index (χ1) is 8.54. The molecule has 2 heteroatoms. The lowest BCUT2D eigenvalue weighted by Crippen LogP contribution is -2.19. The van der Waals surface area contributed by atoms with Gasteiger partial charge < -0.3 is 4.90 Å². The topological polar surface area (TPSA) is 20.3 Å². The minimum Gasteiger partial charge on any atom is -0.309 e. The van der Waals surface area contributed by atoms with E-state index in [1.54, 1.807) is 6.08 Å². The van der Waals surface area contributed by atoms with Crippen molar-refractivity contribution in [2.45, 2.75) is 26.2 Å². The Balaban J connectivity index is 2.88. The number of carbonyl (C=O) groups excluding carboxylic acids is 1. The van der Waals surface area contributed by atoms with E-state index in [9.17, 15) is 4.79 Å². The Morgan fingerprint density at radius 3 is 2.39 bits per heavy atom. The van der Waals surface area contributed by atoms with Crippen LogP contribution in [0.3, 0.4) is 0 Å². The summed E-state index contributed by atoms with van der Waals surface area (Å²) in [6.07, 6.45) is 4.36. The van der Waals surface area contributed by atoms with Crippen LogP contribution in [0.1, 0.15) is 30.4 Å². The number of rotatable bonds is 6. The fraction of sp³-hybridized carbons (Fsp3) is 0.438. The van der Waals surface area contributed by atoms with Crippen molar-refractivity contribution >= 4 is 5.78 Å². The second kappa shape index (κ2) is 7.12. The molecule has 0 aromatic heterocycles. The van der Waals surface area contributed by atoms with Crippen LogP contribution in [0.25, 0.3) is 0 Å². The Morgan fingerprint density at radius 1 is 1.28 bits per heavy atom. The molecule has 0 spiro atoms. The first-order valence-corrected chi connectivity index (χ1v) is 6.42. The third-order valence-corrected chi connectivity index (χ3v) is 3.02. The molecule has 0 aliphatic carbocycles. The average Bonchev–Trinajstić information content (AvgIpc) is 2.31. The lowest BCUT2D eigenvalue weighted by atomic mass is 9.90. The summed E-state index contributed by atoms with van der Waals surface area (Å²) < 4.78 is 0. The minimum atomic E-state index is -0.0239. The molecule has 1 unspecified atom stereocenters. The Morgan fingerprint density at radius 2 is 1.89 bits per heavy atom. The lowest BCUT2D eigenvalue weighted by Gasteiger charge is -2.17. The number of ketones is 1. The second-order valence-corrected chi connectivity index (χ2v) is 4.96. The Hall–Kier alpha value is -1.41. The number of benzene rings is 1. The molecule has 1 aromatic carbocycles. The highest BCUT2D eigenvalue weighted by Gasteiger charge is 2.18. The van der Waals surface area contributed by atoms with Crippen molar-refractivity contribution in [1.29, 1.82) is 0 Å². The maximum atomic E-state index is 12.1. The first kappa shape index (κ1) is 14.7. The zero-order chi connectivity index (χ0) is 13.5. The van der Waals surface area contributed by atoms with Gasteiger partial charge >= 0.3 is 0 Å². The predicted molar refractivity (Wildman–Crippen MR) is 76.9 cm³/mol. The van der Waals surface area contributed by atoms with Gasteiger partial charge in [0.05, 0.1) is 0 Å². The van der Waals surface area contributed by atoms with E-state index < -0.39 is 0 Å². The maximum absolute atomic E-state index is 12.1. The van der Waals surface area contributed by atoms with Gasteiger partial charge in [0.15, 0.2) is 5.78 Å². The van der Waals surface area contributed by atoms with Crippen molar-refractivity contribution < 1.29 is 4.79 Å². The van der Waals surface area contributed by atoms with Gasteiger partial charge in [0.2, 0.25) is 0 Å². The summed E-state index contributed by atoms with van der Waals surface area (Å²) in [5.41, 5.74) is 2.34. The summed E-state index contributed by atoms with van der Waals surface area (Å²) in [5, 5.41) is 0. The van der Waals surface area contributed by atoms with E-state index in [1.165, 1.54) is 5.56 Å². The molecule has 0 saturated heterocycles. The number of allylic oxidation sites excluding steroid dienone is 2. The Labute approximate surface area is 110 Å². The van der Waals surface area contributed by atoms with Crippen LogP contribution in [0, 0.1) is 6.92 Å². The van der Waals surface area contributed by atoms with E-state index in [0.717, 1.165) is 18.5 Å². The van der Waals surface area contributed by atoms with E-state index in [0.29, 0.717) is 0 Å². The Kier molecular flexibility index (Phi) is 5.79. The monoisotopic (exact) mass is 245 g/mol. The Bertz CT molecular complexity index is 404. The van der Waals surface area contributed by atoms with Crippen LogP contribution in [-0.2, 0) is 4.79 Å². The van der Waals surface area contributed by atoms with E-state index in [-0.39, 0.29) is 11.7 Å². The van der Waals surface area contributed by atoms with Crippen LogP contribution in [0.15, 0.2) is 36.4 Å². The SMILES string of the molecule is CC=CC(=O)C(CCN(C)C)c1ccc(C)cc1. The van der Waals surface area contributed by atoms with Crippen LogP contribution in [0.5, 0.6) is 0 Å². The molecule has 1 aromatic rings. The maximum Gasteiger partial charge on any atom is 0.162 e. The van der Waals surface area contributed by atoms with Gasteiger partial charge in [-0.3, -0.25) is 4.79 Å². The van der Waals surface area contributed by atoms with Crippen LogP contribution >= 0.6 is 0 Å². The molecule has 98 valence electrons. The summed E-state index contributed by atoms with van der Waals surface area (Å²) in [5.74, 6) is 0.174. The number of hydrogen-bond acceptors (Lipinski definition) is 2. The zero-order valence-electron chi connectivity index (χ0n) is 11.8. The summed E-state index contributed by atoms with van der Waals surface area (Å²) in [6.45, 7) is 4.87. The van der Waals surface area contributed by atoms with Gasteiger partial charge in [-0.2, -0.15) is 0 Å². The molecule has 0 saturated carbocycles. The van der Waals surface area contributed by atoms with Crippen molar-refractivity contribution in [2.75, 3.05) is 20.6 Å². The smallest absolute Gasteiger partial charge is 0.162 e. The van der Waals surface area contributed by atoms with Crippen molar-refractivity contribution in [1.82, 2.24) is 4.90 Å². The fourth-order valence-corrected chi connectivity index (χ4v) is 1.94. The predicted octanol–water partition coefficient (Wildman–Crippen LogP) is 3.18. The van der Waals surface area contributed by atoms with E-state index in [1.807, 2.05) is 27.1 Å². The highest BCUT2D eigenvalue weighted by Crippen LogP contribution is 2.22. The van der Waals surface area contributed by atoms with Crippen molar-refractivity contribution in [2.24, 2.45) is 0 Å². The standard InChI is InChI=1S/C16H23NO/c1-5-6-16(18)15(11-12-17(3)4)14-9-7-13(2)8-10-14/h5-10,15H,11-12H2,1-4H3. The second-order valence-electron chi connectivity index (χ2n) is 4.96. The van der Waals surface area contributed by atoms with Crippen molar-refractivity contribution in [3.63, 3.8) is 0 Å². The fourth-order valence-electron chi connectivity index (χ4n) is 1.94. The molecule has 18 heavy (non-hydrogen) atoms. The van der Waals surface area contributed by atoms with Crippen molar-refractivity contribution in [3.05, 3.63) is 47.5 Å². The molecule has 0 bridgehead atoms. The average molecular weight is 245 g/mol. The molecule has 0 fully saturated rings. The third kappa shape index (κ3) is 4.46. The molecule has 0 aliphatic rings. The lowest BCUT2D eigenvalue weighted by molar-refractivity contribution is -0.116. The van der Waals surface area contributed by atoms with Gasteiger partial charge in [-0.25, -0.2) is 0 Å². The van der Waals surface area contributed by atoms with Gasteiger partial charge in [0.25, 0.3) is 0 Å². The molecule has 2 nitrogen and oxygen atoms in total. The van der Waals surface area contributed by atoms with E-state index in [2.05, 4.69) is 36.1 Å². The number of carbonyl (C=O) groups is 1.